The number of aliphatic hydroxyl groups excluding tert-OH is 1. The molecule has 0 radical (unpaired) electrons. The average molecular weight is 258 g/mol. The van der Waals surface area contributed by atoms with Crippen molar-refractivity contribution in [1.29, 1.82) is 0 Å². The first kappa shape index (κ1) is 12.3. The fourth-order valence-corrected chi connectivity index (χ4v) is 2.22. The van der Waals surface area contributed by atoms with Crippen LogP contribution >= 0.6 is 11.6 Å². The fraction of sp³-hybridized carbons (Fsp3) is 0.417. The van der Waals surface area contributed by atoms with Crippen LogP contribution < -0.4 is 0 Å². The molecule has 2 rings (SSSR count). The van der Waals surface area contributed by atoms with Gasteiger partial charge in [0, 0.05) is 13.1 Å². The van der Waals surface area contributed by atoms with Gasteiger partial charge in [0.25, 0.3) is 5.91 Å². The van der Waals surface area contributed by atoms with Gasteiger partial charge >= 0.3 is 0 Å². The lowest BCUT2D eigenvalue weighted by Gasteiger charge is -2.30. The lowest BCUT2D eigenvalue weighted by molar-refractivity contribution is 0.0474. The molecular formula is C12H13ClFNO2. The van der Waals surface area contributed by atoms with Crippen LogP contribution in [-0.2, 0) is 0 Å². The topological polar surface area (TPSA) is 40.5 Å². The van der Waals surface area contributed by atoms with E-state index < -0.39 is 11.9 Å². The summed E-state index contributed by atoms with van der Waals surface area (Å²) in [7, 11) is 0. The molecule has 0 bridgehead atoms. The summed E-state index contributed by atoms with van der Waals surface area (Å²) in [6.07, 6.45) is 0.999. The van der Waals surface area contributed by atoms with E-state index in [2.05, 4.69) is 0 Å². The van der Waals surface area contributed by atoms with E-state index in [0.717, 1.165) is 12.5 Å². The highest BCUT2D eigenvalue weighted by atomic mass is 35.5. The molecule has 3 nitrogen and oxygen atoms in total. The van der Waals surface area contributed by atoms with Crippen LogP contribution in [0.25, 0.3) is 0 Å². The van der Waals surface area contributed by atoms with Gasteiger partial charge < -0.3 is 10.0 Å². The van der Waals surface area contributed by atoms with Crippen LogP contribution in [0.15, 0.2) is 18.2 Å². The van der Waals surface area contributed by atoms with Crippen LogP contribution in [0.4, 0.5) is 4.39 Å². The van der Waals surface area contributed by atoms with E-state index in [1.54, 1.807) is 4.90 Å². The fourth-order valence-electron chi connectivity index (χ4n) is 1.97. The van der Waals surface area contributed by atoms with Crippen molar-refractivity contribution in [3.63, 3.8) is 0 Å². The van der Waals surface area contributed by atoms with E-state index in [1.165, 1.54) is 12.1 Å². The number of rotatable bonds is 1. The molecule has 0 aliphatic carbocycles. The number of carbonyl (C=O) groups excluding carboxylic acids is 1. The number of β-amino-alcohol motifs (C(OH)–C–C–N with tert-alkyl or cyclic N) is 1. The molecule has 1 heterocycles. The molecule has 1 saturated heterocycles. The Morgan fingerprint density at radius 3 is 2.94 bits per heavy atom. The number of halogens is 2. The third-order valence-corrected chi connectivity index (χ3v) is 3.16. The molecule has 1 amide bonds. The predicted octanol–water partition coefficient (Wildman–Crippen LogP) is 2.08. The zero-order chi connectivity index (χ0) is 12.4. The van der Waals surface area contributed by atoms with Gasteiger partial charge in [-0.1, -0.05) is 11.6 Å². The van der Waals surface area contributed by atoms with E-state index in [9.17, 15) is 14.3 Å². The smallest absolute Gasteiger partial charge is 0.255 e. The SMILES string of the molecule is O=C(c1ccc(F)cc1Cl)N1CCC[C@@H](O)C1. The molecular weight excluding hydrogens is 245 g/mol. The molecule has 1 N–H and O–H groups in total. The highest BCUT2D eigenvalue weighted by Gasteiger charge is 2.24. The number of carbonyl (C=O) groups is 1. The van der Waals surface area contributed by atoms with Crippen LogP contribution in [0, 0.1) is 5.82 Å². The van der Waals surface area contributed by atoms with Gasteiger partial charge in [-0.3, -0.25) is 4.79 Å². The van der Waals surface area contributed by atoms with Gasteiger partial charge in [0.05, 0.1) is 16.7 Å². The molecule has 17 heavy (non-hydrogen) atoms. The van der Waals surface area contributed by atoms with Gasteiger partial charge in [-0.25, -0.2) is 4.39 Å². The van der Waals surface area contributed by atoms with E-state index >= 15 is 0 Å². The summed E-state index contributed by atoms with van der Waals surface area (Å²) >= 11 is 5.83. The van der Waals surface area contributed by atoms with Crippen molar-refractivity contribution >= 4 is 17.5 Å². The monoisotopic (exact) mass is 257 g/mol. The number of hydrogen-bond acceptors (Lipinski definition) is 2. The van der Waals surface area contributed by atoms with Gasteiger partial charge in [-0.05, 0) is 31.0 Å². The van der Waals surface area contributed by atoms with Crippen LogP contribution in [-0.4, -0.2) is 35.1 Å². The molecule has 92 valence electrons. The molecule has 0 unspecified atom stereocenters. The Morgan fingerprint density at radius 1 is 1.53 bits per heavy atom. The zero-order valence-corrected chi connectivity index (χ0v) is 9.95. The quantitative estimate of drug-likeness (QED) is 0.837. The molecule has 1 aromatic rings. The number of piperidine rings is 1. The Hall–Kier alpha value is -1.13. The first-order chi connectivity index (χ1) is 8.08. The molecule has 0 spiro atoms. The van der Waals surface area contributed by atoms with Crippen LogP contribution in [0.2, 0.25) is 5.02 Å². The Morgan fingerprint density at radius 2 is 2.29 bits per heavy atom. The van der Waals surface area contributed by atoms with Gasteiger partial charge in [0.1, 0.15) is 5.82 Å². The van der Waals surface area contributed by atoms with Crippen molar-refractivity contribution in [3.05, 3.63) is 34.6 Å². The van der Waals surface area contributed by atoms with Crippen LogP contribution in [0.1, 0.15) is 23.2 Å². The van der Waals surface area contributed by atoms with Gasteiger partial charge in [0.15, 0.2) is 0 Å². The van der Waals surface area contributed by atoms with Gasteiger partial charge in [-0.15, -0.1) is 0 Å². The Bertz CT molecular complexity index is 439. The summed E-state index contributed by atoms with van der Waals surface area (Å²) in [4.78, 5) is 13.6. The van der Waals surface area contributed by atoms with E-state index in [0.29, 0.717) is 19.5 Å². The molecule has 1 atom stereocenters. The Labute approximate surface area is 104 Å². The van der Waals surface area contributed by atoms with Crippen molar-refractivity contribution in [2.75, 3.05) is 13.1 Å². The van der Waals surface area contributed by atoms with Crippen LogP contribution in [0.3, 0.4) is 0 Å². The number of aliphatic hydroxyl groups is 1. The second-order valence-electron chi connectivity index (χ2n) is 4.17. The van der Waals surface area contributed by atoms with Crippen molar-refractivity contribution in [2.24, 2.45) is 0 Å². The van der Waals surface area contributed by atoms with Gasteiger partial charge in [0.2, 0.25) is 0 Å². The average Bonchev–Trinajstić information content (AvgIpc) is 2.28. The number of likely N-dealkylation sites (tertiary alicyclic amines) is 1. The van der Waals surface area contributed by atoms with E-state index in [1.807, 2.05) is 0 Å². The summed E-state index contributed by atoms with van der Waals surface area (Å²) < 4.78 is 12.9. The largest absolute Gasteiger partial charge is 0.391 e. The second kappa shape index (κ2) is 5.02. The molecule has 1 aliphatic rings. The van der Waals surface area contributed by atoms with E-state index in [-0.39, 0.29) is 16.5 Å². The summed E-state index contributed by atoms with van der Waals surface area (Å²) in [5, 5.41) is 9.61. The standard InChI is InChI=1S/C12H13ClFNO2/c13-11-6-8(14)3-4-10(11)12(17)15-5-1-2-9(16)7-15/h3-4,6,9,16H,1-2,5,7H2/t9-/m1/s1. The molecule has 1 aliphatic heterocycles. The number of amides is 1. The summed E-state index contributed by atoms with van der Waals surface area (Å²) in [6.45, 7) is 0.913. The molecule has 5 heteroatoms. The minimum absolute atomic E-state index is 0.107. The van der Waals surface area contributed by atoms with Crippen molar-refractivity contribution in [2.45, 2.75) is 18.9 Å². The predicted molar refractivity (Wildman–Crippen MR) is 62.6 cm³/mol. The van der Waals surface area contributed by atoms with Crippen molar-refractivity contribution in [3.8, 4) is 0 Å². The Balaban J connectivity index is 2.18. The minimum atomic E-state index is -0.480. The van der Waals surface area contributed by atoms with Gasteiger partial charge in [-0.2, -0.15) is 0 Å². The molecule has 0 saturated carbocycles. The summed E-state index contributed by atoms with van der Waals surface area (Å²) in [5.41, 5.74) is 0.280. The minimum Gasteiger partial charge on any atom is -0.391 e. The first-order valence-electron chi connectivity index (χ1n) is 5.50. The molecule has 1 aromatic carbocycles. The maximum absolute atomic E-state index is 12.9. The van der Waals surface area contributed by atoms with E-state index in [4.69, 9.17) is 11.6 Å². The molecule has 1 fully saturated rings. The third-order valence-electron chi connectivity index (χ3n) is 2.85. The third kappa shape index (κ3) is 2.76. The maximum atomic E-state index is 12.9. The maximum Gasteiger partial charge on any atom is 0.255 e. The van der Waals surface area contributed by atoms with Crippen molar-refractivity contribution < 1.29 is 14.3 Å². The summed E-state index contributed by atoms with van der Waals surface area (Å²) in [5.74, 6) is -0.723. The zero-order valence-electron chi connectivity index (χ0n) is 9.20. The number of benzene rings is 1. The highest BCUT2D eigenvalue weighted by Crippen LogP contribution is 2.21. The summed E-state index contributed by atoms with van der Waals surface area (Å²) in [6, 6.07) is 3.70. The second-order valence-corrected chi connectivity index (χ2v) is 4.58. The number of nitrogens with zero attached hydrogens (tertiary/aromatic N) is 1. The molecule has 0 aromatic heterocycles. The lowest BCUT2D eigenvalue weighted by Crippen LogP contribution is -2.42. The highest BCUT2D eigenvalue weighted by molar-refractivity contribution is 6.33. The van der Waals surface area contributed by atoms with Crippen LogP contribution in [0.5, 0.6) is 0 Å². The normalized spacial score (nSPS) is 20.4. The lowest BCUT2D eigenvalue weighted by atomic mass is 10.1. The Kier molecular flexibility index (Phi) is 3.64. The van der Waals surface area contributed by atoms with Crippen molar-refractivity contribution in [1.82, 2.24) is 4.90 Å². The number of hydrogen-bond donors (Lipinski definition) is 1. The first-order valence-corrected chi connectivity index (χ1v) is 5.88.